The molecule has 0 amide bonds. The molecule has 0 unspecified atom stereocenters. The van der Waals surface area contributed by atoms with Gasteiger partial charge in [0.05, 0.1) is 9.86 Å². The summed E-state index contributed by atoms with van der Waals surface area (Å²) in [6.07, 6.45) is 1.79. The van der Waals surface area contributed by atoms with Gasteiger partial charge in [-0.1, -0.05) is 19.6 Å². The van der Waals surface area contributed by atoms with Crippen molar-refractivity contribution < 1.29 is 4.42 Å². The van der Waals surface area contributed by atoms with Crippen LogP contribution in [0, 0.1) is 0 Å². The Labute approximate surface area is 92.5 Å². The molecule has 0 saturated heterocycles. The lowest BCUT2D eigenvalue weighted by Crippen LogP contribution is -2.37. The Kier molecular flexibility index (Phi) is 2.27. The highest BCUT2D eigenvalue weighted by molar-refractivity contribution is 9.10. The zero-order valence-corrected chi connectivity index (χ0v) is 11.1. The van der Waals surface area contributed by atoms with Crippen molar-refractivity contribution in [3.8, 4) is 0 Å². The first-order valence-electron chi connectivity index (χ1n) is 4.53. The molecular formula is C10H12BrNOSi. The fourth-order valence-corrected chi connectivity index (χ4v) is 4.74. The number of hydrogen-bond acceptors (Lipinski definition) is 2. The maximum atomic E-state index is 5.82. The van der Waals surface area contributed by atoms with Crippen molar-refractivity contribution in [3.63, 3.8) is 0 Å². The van der Waals surface area contributed by atoms with E-state index in [4.69, 9.17) is 4.42 Å². The highest BCUT2D eigenvalue weighted by atomic mass is 79.9. The Morgan fingerprint density at radius 3 is 2.64 bits per heavy atom. The second-order valence-corrected chi connectivity index (χ2v) is 10.1. The molecule has 0 atom stereocenters. The summed E-state index contributed by atoms with van der Waals surface area (Å²) in [6.45, 7) is 6.78. The van der Waals surface area contributed by atoms with Crippen LogP contribution < -0.4 is 5.38 Å². The van der Waals surface area contributed by atoms with Gasteiger partial charge in [-0.25, -0.2) is 0 Å². The van der Waals surface area contributed by atoms with Gasteiger partial charge in [0.2, 0.25) is 0 Å². The summed E-state index contributed by atoms with van der Waals surface area (Å²) >= 11 is 3.57. The van der Waals surface area contributed by atoms with Crippen LogP contribution >= 0.6 is 15.9 Å². The van der Waals surface area contributed by atoms with Gasteiger partial charge < -0.3 is 4.42 Å². The van der Waals surface area contributed by atoms with Crippen molar-refractivity contribution in [2.75, 3.05) is 0 Å². The Hall–Kier alpha value is -0.613. The molecule has 0 spiro atoms. The van der Waals surface area contributed by atoms with E-state index in [1.165, 1.54) is 0 Å². The van der Waals surface area contributed by atoms with Crippen LogP contribution in [0.2, 0.25) is 19.6 Å². The molecule has 0 bridgehead atoms. The topological polar surface area (TPSA) is 26.0 Å². The van der Waals surface area contributed by atoms with Crippen LogP contribution in [0.25, 0.3) is 11.1 Å². The van der Waals surface area contributed by atoms with E-state index in [0.717, 1.165) is 21.0 Å². The van der Waals surface area contributed by atoms with E-state index in [1.54, 1.807) is 6.20 Å². The summed E-state index contributed by atoms with van der Waals surface area (Å²) in [4.78, 5) is 4.30. The normalized spacial score (nSPS) is 12.3. The SMILES string of the molecule is C[Si](C)(C)c1oc2cccnc2c1Br. The molecule has 0 aliphatic carbocycles. The quantitative estimate of drug-likeness (QED) is 0.744. The van der Waals surface area contributed by atoms with E-state index >= 15 is 0 Å². The lowest BCUT2D eigenvalue weighted by atomic mass is 10.4. The first kappa shape index (κ1) is 9.92. The van der Waals surface area contributed by atoms with Crippen molar-refractivity contribution in [2.45, 2.75) is 19.6 Å². The molecule has 74 valence electrons. The van der Waals surface area contributed by atoms with E-state index in [2.05, 4.69) is 40.6 Å². The van der Waals surface area contributed by atoms with Crippen molar-refractivity contribution >= 4 is 40.5 Å². The van der Waals surface area contributed by atoms with Gasteiger partial charge in [-0.15, -0.1) is 0 Å². The predicted octanol–water partition coefficient (Wildman–Crippen LogP) is 3.14. The van der Waals surface area contributed by atoms with Gasteiger partial charge in [-0.3, -0.25) is 4.98 Å². The minimum Gasteiger partial charge on any atom is -0.463 e. The van der Waals surface area contributed by atoms with Gasteiger partial charge in [0, 0.05) is 6.20 Å². The molecule has 2 aromatic heterocycles. The number of hydrogen-bond donors (Lipinski definition) is 0. The van der Waals surface area contributed by atoms with Crippen LogP contribution in [-0.2, 0) is 0 Å². The average Bonchev–Trinajstić information content (AvgIpc) is 2.44. The van der Waals surface area contributed by atoms with Gasteiger partial charge in [-0.2, -0.15) is 0 Å². The third-order valence-electron chi connectivity index (χ3n) is 2.07. The first-order chi connectivity index (χ1) is 6.50. The van der Waals surface area contributed by atoms with Gasteiger partial charge in [0.1, 0.15) is 13.6 Å². The molecule has 0 N–H and O–H groups in total. The molecule has 0 saturated carbocycles. The number of pyridine rings is 1. The van der Waals surface area contributed by atoms with Gasteiger partial charge >= 0.3 is 0 Å². The molecule has 0 aliphatic rings. The van der Waals surface area contributed by atoms with Crippen LogP contribution in [0.15, 0.2) is 27.2 Å². The Bertz CT molecular complexity index is 472. The minimum atomic E-state index is -1.41. The van der Waals surface area contributed by atoms with Crippen LogP contribution in [0.3, 0.4) is 0 Å². The Balaban J connectivity index is 2.75. The molecule has 0 aliphatic heterocycles. The molecule has 4 heteroatoms. The highest BCUT2D eigenvalue weighted by Gasteiger charge is 2.26. The summed E-state index contributed by atoms with van der Waals surface area (Å²) in [6, 6.07) is 3.85. The zero-order chi connectivity index (χ0) is 10.3. The van der Waals surface area contributed by atoms with Gasteiger partial charge in [-0.05, 0) is 28.1 Å². The number of aromatic nitrogens is 1. The molecule has 2 rings (SSSR count). The molecule has 0 radical (unpaired) electrons. The van der Waals surface area contributed by atoms with Gasteiger partial charge in [0.15, 0.2) is 5.58 Å². The van der Waals surface area contributed by atoms with E-state index in [-0.39, 0.29) is 0 Å². The molecule has 0 aromatic carbocycles. The third kappa shape index (κ3) is 1.52. The van der Waals surface area contributed by atoms with E-state index in [1.807, 2.05) is 12.1 Å². The number of halogens is 1. The van der Waals surface area contributed by atoms with Crippen LogP contribution in [0.5, 0.6) is 0 Å². The fraction of sp³-hybridized carbons (Fsp3) is 0.300. The number of rotatable bonds is 1. The highest BCUT2D eigenvalue weighted by Crippen LogP contribution is 2.24. The van der Waals surface area contributed by atoms with Crippen molar-refractivity contribution in [2.24, 2.45) is 0 Å². The molecule has 2 aromatic rings. The van der Waals surface area contributed by atoms with Crippen LogP contribution in [-0.4, -0.2) is 13.1 Å². The van der Waals surface area contributed by atoms with E-state index in [9.17, 15) is 0 Å². The Morgan fingerprint density at radius 1 is 1.36 bits per heavy atom. The third-order valence-corrected chi connectivity index (χ3v) is 4.89. The smallest absolute Gasteiger partial charge is 0.153 e. The second-order valence-electron chi connectivity index (χ2n) is 4.35. The first-order valence-corrected chi connectivity index (χ1v) is 8.83. The van der Waals surface area contributed by atoms with Crippen molar-refractivity contribution in [1.29, 1.82) is 0 Å². The summed E-state index contributed by atoms with van der Waals surface area (Å²) in [7, 11) is -1.41. The summed E-state index contributed by atoms with van der Waals surface area (Å²) in [5.41, 5.74) is 1.81. The fourth-order valence-electron chi connectivity index (χ4n) is 1.38. The van der Waals surface area contributed by atoms with Crippen molar-refractivity contribution in [3.05, 3.63) is 22.8 Å². The van der Waals surface area contributed by atoms with Crippen molar-refractivity contribution in [1.82, 2.24) is 4.98 Å². The number of fused-ring (bicyclic) bond motifs is 1. The molecule has 2 nitrogen and oxygen atoms in total. The van der Waals surface area contributed by atoms with Crippen LogP contribution in [0.4, 0.5) is 0 Å². The molecule has 0 fully saturated rings. The largest absolute Gasteiger partial charge is 0.463 e. The predicted molar refractivity (Wildman–Crippen MR) is 64.7 cm³/mol. The minimum absolute atomic E-state index is 0.872. The zero-order valence-electron chi connectivity index (χ0n) is 8.47. The second kappa shape index (κ2) is 3.20. The monoisotopic (exact) mass is 269 g/mol. The Morgan fingerprint density at radius 2 is 2.07 bits per heavy atom. The molecule has 2 heterocycles. The van der Waals surface area contributed by atoms with E-state index in [0.29, 0.717) is 0 Å². The average molecular weight is 270 g/mol. The van der Waals surface area contributed by atoms with E-state index < -0.39 is 8.07 Å². The maximum absolute atomic E-state index is 5.82. The standard InChI is InChI=1S/C10H12BrNOSi/c1-14(2,3)10-8(11)9-7(13-10)5-4-6-12-9/h4-6H,1-3H3. The van der Waals surface area contributed by atoms with Crippen LogP contribution in [0.1, 0.15) is 0 Å². The molecular weight excluding hydrogens is 258 g/mol. The maximum Gasteiger partial charge on any atom is 0.153 e. The number of furan rings is 1. The summed E-state index contributed by atoms with van der Waals surface area (Å²) < 4.78 is 6.85. The summed E-state index contributed by atoms with van der Waals surface area (Å²) in [5, 5.41) is 1.09. The number of nitrogens with zero attached hydrogens (tertiary/aromatic N) is 1. The lowest BCUT2D eigenvalue weighted by Gasteiger charge is -2.11. The lowest BCUT2D eigenvalue weighted by molar-refractivity contribution is 0.646. The summed E-state index contributed by atoms with van der Waals surface area (Å²) in [5.74, 6) is 0. The molecule has 14 heavy (non-hydrogen) atoms. The van der Waals surface area contributed by atoms with Gasteiger partial charge in [0.25, 0.3) is 0 Å².